The molecule has 1 aromatic rings. The molecule has 0 radical (unpaired) electrons. The van der Waals surface area contributed by atoms with E-state index in [4.69, 9.17) is 0 Å². The Morgan fingerprint density at radius 2 is 2.15 bits per heavy atom. The van der Waals surface area contributed by atoms with Gasteiger partial charge in [0.15, 0.2) is 0 Å². The zero-order chi connectivity index (χ0) is 14.5. The van der Waals surface area contributed by atoms with Crippen molar-refractivity contribution in [3.8, 4) is 0 Å². The van der Waals surface area contributed by atoms with Crippen LogP contribution in [0.5, 0.6) is 0 Å². The van der Waals surface area contributed by atoms with Gasteiger partial charge in [0.05, 0.1) is 11.3 Å². The van der Waals surface area contributed by atoms with Gasteiger partial charge in [0.1, 0.15) is 0 Å². The molecule has 1 aliphatic heterocycles. The minimum Gasteiger partial charge on any atom is -0.343 e. The van der Waals surface area contributed by atoms with Crippen LogP contribution in [0.15, 0.2) is 22.7 Å². The van der Waals surface area contributed by atoms with Gasteiger partial charge in [-0.05, 0) is 44.0 Å². The molecule has 1 saturated carbocycles. The van der Waals surface area contributed by atoms with Gasteiger partial charge in [0, 0.05) is 23.2 Å². The van der Waals surface area contributed by atoms with Crippen LogP contribution in [0.3, 0.4) is 0 Å². The van der Waals surface area contributed by atoms with Crippen LogP contribution in [-0.2, 0) is 15.0 Å². The van der Waals surface area contributed by atoms with Gasteiger partial charge in [-0.25, -0.2) is 0 Å². The van der Waals surface area contributed by atoms with Crippen molar-refractivity contribution in [3.05, 3.63) is 28.2 Å². The molecule has 0 unspecified atom stereocenters. The Hall–Kier alpha value is -1.36. The molecule has 4 nitrogen and oxygen atoms in total. The van der Waals surface area contributed by atoms with Gasteiger partial charge in [0.2, 0.25) is 11.8 Å². The number of amides is 2. The number of fused-ring (bicyclic) bond motifs is 2. The number of rotatable bonds is 3. The molecule has 20 heavy (non-hydrogen) atoms. The van der Waals surface area contributed by atoms with Crippen LogP contribution in [0.25, 0.3) is 0 Å². The molecule has 1 aromatic carbocycles. The number of halogens is 1. The summed E-state index contributed by atoms with van der Waals surface area (Å²) in [6.07, 6.45) is 0.623. The Labute approximate surface area is 126 Å². The van der Waals surface area contributed by atoms with Crippen LogP contribution in [0.4, 0.5) is 5.69 Å². The topological polar surface area (TPSA) is 49.4 Å². The molecule has 0 bridgehead atoms. The lowest BCUT2D eigenvalue weighted by Gasteiger charge is -2.20. The molecule has 2 aliphatic rings. The zero-order valence-electron chi connectivity index (χ0n) is 11.6. The van der Waals surface area contributed by atoms with E-state index in [1.54, 1.807) is 0 Å². The molecule has 106 valence electrons. The largest absolute Gasteiger partial charge is 0.343 e. The number of carbonyl (C=O) groups excluding carboxylic acids is 2. The third-order valence-electron chi connectivity index (χ3n) is 4.45. The molecule has 1 N–H and O–H groups in total. The predicted octanol–water partition coefficient (Wildman–Crippen LogP) is 2.53. The summed E-state index contributed by atoms with van der Waals surface area (Å²) in [5, 5.41) is 2.91. The first kappa shape index (κ1) is 13.6. The second-order valence-electron chi connectivity index (χ2n) is 5.38. The molecular formula is C15H17BrN2O2. The van der Waals surface area contributed by atoms with Crippen LogP contribution in [0.1, 0.15) is 25.8 Å². The summed E-state index contributed by atoms with van der Waals surface area (Å²) in [6, 6.07) is 5.76. The van der Waals surface area contributed by atoms with E-state index >= 15 is 0 Å². The molecule has 2 amide bonds. The highest BCUT2D eigenvalue weighted by Crippen LogP contribution is 2.60. The fraction of sp³-hybridized carbons (Fsp3) is 0.467. The number of nitrogens with zero attached hydrogens (tertiary/aromatic N) is 1. The predicted molar refractivity (Wildman–Crippen MR) is 80.5 cm³/mol. The molecule has 5 heteroatoms. The Balaban J connectivity index is 1.95. The molecule has 0 saturated heterocycles. The van der Waals surface area contributed by atoms with Crippen LogP contribution in [-0.4, -0.2) is 29.8 Å². The lowest BCUT2D eigenvalue weighted by atomic mass is 9.94. The molecule has 1 heterocycles. The van der Waals surface area contributed by atoms with Crippen molar-refractivity contribution in [3.63, 3.8) is 0 Å². The summed E-state index contributed by atoms with van der Waals surface area (Å²) < 4.78 is 0.938. The Morgan fingerprint density at radius 3 is 2.80 bits per heavy atom. The van der Waals surface area contributed by atoms with Gasteiger partial charge in [-0.15, -0.1) is 0 Å². The molecule has 2 atom stereocenters. The monoisotopic (exact) mass is 336 g/mol. The van der Waals surface area contributed by atoms with E-state index in [1.807, 2.05) is 36.9 Å². The average Bonchev–Trinajstić information content (AvgIpc) is 3.12. The lowest BCUT2D eigenvalue weighted by molar-refractivity contribution is -0.134. The van der Waals surface area contributed by atoms with Crippen molar-refractivity contribution >= 4 is 33.4 Å². The van der Waals surface area contributed by atoms with Gasteiger partial charge in [0.25, 0.3) is 0 Å². The van der Waals surface area contributed by atoms with Crippen LogP contribution < -0.4 is 5.32 Å². The van der Waals surface area contributed by atoms with E-state index in [2.05, 4.69) is 21.2 Å². The molecule has 1 spiro atoms. The van der Waals surface area contributed by atoms with E-state index in [9.17, 15) is 9.59 Å². The van der Waals surface area contributed by atoms with Gasteiger partial charge < -0.3 is 10.2 Å². The first-order valence-corrected chi connectivity index (χ1v) is 7.74. The molecule has 0 aromatic heterocycles. The minimum absolute atomic E-state index is 0.0314. The van der Waals surface area contributed by atoms with E-state index in [0.717, 1.165) is 15.7 Å². The van der Waals surface area contributed by atoms with Crippen molar-refractivity contribution in [2.24, 2.45) is 5.92 Å². The van der Waals surface area contributed by atoms with Crippen molar-refractivity contribution < 1.29 is 9.59 Å². The highest BCUT2D eigenvalue weighted by molar-refractivity contribution is 9.10. The smallest absolute Gasteiger partial charge is 0.235 e. The Morgan fingerprint density at radius 1 is 1.45 bits per heavy atom. The van der Waals surface area contributed by atoms with Gasteiger partial charge in [-0.3, -0.25) is 9.59 Å². The molecule has 1 aliphatic carbocycles. The zero-order valence-corrected chi connectivity index (χ0v) is 13.2. The lowest BCUT2D eigenvalue weighted by Crippen LogP contribution is -2.35. The number of hydrogen-bond donors (Lipinski definition) is 1. The van der Waals surface area contributed by atoms with Gasteiger partial charge in [-0.1, -0.05) is 15.9 Å². The Bertz CT molecular complexity index is 598. The van der Waals surface area contributed by atoms with Crippen LogP contribution >= 0.6 is 15.9 Å². The second-order valence-corrected chi connectivity index (χ2v) is 6.30. The van der Waals surface area contributed by atoms with Crippen molar-refractivity contribution in [2.75, 3.05) is 18.4 Å². The third-order valence-corrected chi connectivity index (χ3v) is 4.94. The van der Waals surface area contributed by atoms with E-state index in [1.165, 1.54) is 0 Å². The maximum atomic E-state index is 12.5. The van der Waals surface area contributed by atoms with Gasteiger partial charge in [-0.2, -0.15) is 0 Å². The average molecular weight is 337 g/mol. The number of hydrogen-bond acceptors (Lipinski definition) is 2. The van der Waals surface area contributed by atoms with Crippen molar-refractivity contribution in [1.29, 1.82) is 0 Å². The summed E-state index contributed by atoms with van der Waals surface area (Å²) in [7, 11) is 0. The number of carbonyl (C=O) groups is 2. The fourth-order valence-corrected chi connectivity index (χ4v) is 3.58. The van der Waals surface area contributed by atoms with E-state index in [0.29, 0.717) is 19.5 Å². The maximum Gasteiger partial charge on any atom is 0.235 e. The van der Waals surface area contributed by atoms with Crippen molar-refractivity contribution in [2.45, 2.75) is 25.7 Å². The fourth-order valence-electron chi connectivity index (χ4n) is 3.22. The highest BCUT2D eigenvalue weighted by atomic mass is 79.9. The number of anilines is 1. The summed E-state index contributed by atoms with van der Waals surface area (Å²) in [5.74, 6) is -0.146. The summed E-state index contributed by atoms with van der Waals surface area (Å²) in [6.45, 7) is 5.31. The molecule has 1 fully saturated rings. The molecule has 3 rings (SSSR count). The number of nitrogens with one attached hydrogen (secondary N) is 1. The normalized spacial score (nSPS) is 26.4. The maximum absolute atomic E-state index is 12.5. The summed E-state index contributed by atoms with van der Waals surface area (Å²) >= 11 is 3.44. The summed E-state index contributed by atoms with van der Waals surface area (Å²) in [4.78, 5) is 26.7. The van der Waals surface area contributed by atoms with Gasteiger partial charge >= 0.3 is 0 Å². The Kier molecular flexibility index (Phi) is 3.12. The standard InChI is InChI=1S/C15H17BrN2O2/c1-3-18(4-2)13(19)11-8-15(11)10-7-9(16)5-6-12(10)17-14(15)20/h5-7,11H,3-4,8H2,1-2H3,(H,17,20)/t11-,15-/m1/s1. The van der Waals surface area contributed by atoms with Crippen molar-refractivity contribution in [1.82, 2.24) is 4.90 Å². The second kappa shape index (κ2) is 4.58. The minimum atomic E-state index is -0.626. The van der Waals surface area contributed by atoms with Crippen LogP contribution in [0.2, 0.25) is 0 Å². The number of benzene rings is 1. The highest BCUT2D eigenvalue weighted by Gasteiger charge is 2.68. The third kappa shape index (κ3) is 1.72. The first-order chi connectivity index (χ1) is 9.54. The molecular weight excluding hydrogens is 320 g/mol. The SMILES string of the molecule is CCN(CC)C(=O)[C@H]1C[C@]12C(=O)Nc1ccc(Br)cc12. The first-order valence-electron chi connectivity index (χ1n) is 6.94. The quantitative estimate of drug-likeness (QED) is 0.921. The van der Waals surface area contributed by atoms with E-state index < -0.39 is 5.41 Å². The van der Waals surface area contributed by atoms with E-state index in [-0.39, 0.29) is 17.7 Å². The van der Waals surface area contributed by atoms with Crippen LogP contribution in [0, 0.1) is 5.92 Å². The summed E-state index contributed by atoms with van der Waals surface area (Å²) in [5.41, 5.74) is 1.18.